The van der Waals surface area contributed by atoms with E-state index in [9.17, 15) is 10.1 Å². The monoisotopic (exact) mass is 365 g/mol. The van der Waals surface area contributed by atoms with Gasteiger partial charge in [0.25, 0.3) is 5.69 Å². The number of nitrogens with zero attached hydrogens (tertiary/aromatic N) is 3. The topological polar surface area (TPSA) is 67.9 Å². The summed E-state index contributed by atoms with van der Waals surface area (Å²) in [6.45, 7) is 0. The van der Waals surface area contributed by atoms with E-state index in [1.54, 1.807) is 12.3 Å². The number of nitro benzene ring substituents is 1. The average Bonchev–Trinajstić information content (AvgIpc) is 2.46. The predicted octanol–water partition coefficient (Wildman–Crippen LogP) is 4.46. The molecule has 0 N–H and O–H groups in total. The molecule has 7 heteroatoms. The molecule has 106 valence electrons. The molecule has 0 bridgehead atoms. The summed E-state index contributed by atoms with van der Waals surface area (Å²) in [6, 6.07) is 12.0. The summed E-state index contributed by atoms with van der Waals surface area (Å²) in [4.78, 5) is 10.2. The van der Waals surface area contributed by atoms with E-state index in [0.29, 0.717) is 5.56 Å². The average molecular weight is 367 g/mol. The van der Waals surface area contributed by atoms with Gasteiger partial charge in [0.1, 0.15) is 5.02 Å². The van der Waals surface area contributed by atoms with Crippen molar-refractivity contribution in [2.45, 2.75) is 0 Å². The Hall–Kier alpha value is -2.05. The number of nitro groups is 1. The van der Waals surface area contributed by atoms with Gasteiger partial charge < -0.3 is 0 Å². The van der Waals surface area contributed by atoms with Crippen LogP contribution in [0.15, 0.2) is 57.1 Å². The molecule has 0 saturated heterocycles. The molecule has 21 heavy (non-hydrogen) atoms. The second-order valence-electron chi connectivity index (χ2n) is 4.01. The zero-order valence-corrected chi connectivity index (χ0v) is 13.0. The highest BCUT2D eigenvalue weighted by Crippen LogP contribution is 2.24. The molecule has 0 unspecified atom stereocenters. The molecule has 0 fully saturated rings. The summed E-state index contributed by atoms with van der Waals surface area (Å²) in [5.41, 5.74) is 1.30. The number of hydrogen-bond acceptors (Lipinski definition) is 4. The van der Waals surface area contributed by atoms with Crippen LogP contribution in [0, 0.1) is 10.1 Å². The van der Waals surface area contributed by atoms with Crippen molar-refractivity contribution < 1.29 is 4.92 Å². The van der Waals surface area contributed by atoms with E-state index < -0.39 is 4.92 Å². The van der Waals surface area contributed by atoms with Gasteiger partial charge in [0.2, 0.25) is 0 Å². The first-order valence-electron chi connectivity index (χ1n) is 5.82. The fourth-order valence-electron chi connectivity index (χ4n) is 1.50. The molecule has 0 spiro atoms. The maximum Gasteiger partial charge on any atom is 0.288 e. The van der Waals surface area contributed by atoms with Crippen LogP contribution < -0.4 is 0 Å². The van der Waals surface area contributed by atoms with Crippen LogP contribution >= 0.6 is 27.5 Å². The van der Waals surface area contributed by atoms with Gasteiger partial charge in [-0.25, -0.2) is 0 Å². The molecule has 2 rings (SSSR count). The highest BCUT2D eigenvalue weighted by molar-refractivity contribution is 9.10. The molecule has 0 atom stereocenters. The van der Waals surface area contributed by atoms with Crippen LogP contribution in [0.2, 0.25) is 5.02 Å². The van der Waals surface area contributed by atoms with E-state index in [0.717, 1.165) is 10.0 Å². The van der Waals surface area contributed by atoms with Crippen LogP contribution in [0.5, 0.6) is 0 Å². The summed E-state index contributed by atoms with van der Waals surface area (Å²) in [5, 5.41) is 18.6. The summed E-state index contributed by atoms with van der Waals surface area (Å²) < 4.78 is 0.983. The quantitative estimate of drug-likeness (QED) is 0.455. The Morgan fingerprint density at radius 2 is 1.62 bits per heavy atom. The van der Waals surface area contributed by atoms with Crippen molar-refractivity contribution in [3.8, 4) is 0 Å². The number of benzene rings is 2. The van der Waals surface area contributed by atoms with Gasteiger partial charge in [-0.05, 0) is 23.8 Å². The lowest BCUT2D eigenvalue weighted by molar-refractivity contribution is -0.384. The van der Waals surface area contributed by atoms with Crippen molar-refractivity contribution in [3.63, 3.8) is 0 Å². The molecule has 0 radical (unpaired) electrons. The highest BCUT2D eigenvalue weighted by Gasteiger charge is 2.11. The van der Waals surface area contributed by atoms with Gasteiger partial charge in [-0.1, -0.05) is 45.7 Å². The van der Waals surface area contributed by atoms with E-state index >= 15 is 0 Å². The first-order chi connectivity index (χ1) is 10.1. The van der Waals surface area contributed by atoms with Crippen molar-refractivity contribution >= 4 is 45.6 Å². The SMILES string of the molecule is O=[N+]([O-])c1cc(/C=N/N=C/c2ccc(Br)cc2)ccc1Cl. The van der Waals surface area contributed by atoms with Gasteiger partial charge in [-0.2, -0.15) is 10.2 Å². The summed E-state index contributed by atoms with van der Waals surface area (Å²) in [5.74, 6) is 0. The van der Waals surface area contributed by atoms with Crippen LogP contribution in [-0.4, -0.2) is 17.4 Å². The minimum Gasteiger partial charge on any atom is -0.258 e. The normalized spacial score (nSPS) is 11.3. The van der Waals surface area contributed by atoms with Gasteiger partial charge in [0, 0.05) is 16.1 Å². The first-order valence-corrected chi connectivity index (χ1v) is 6.99. The third kappa shape index (κ3) is 4.47. The summed E-state index contributed by atoms with van der Waals surface area (Å²) in [7, 11) is 0. The smallest absolute Gasteiger partial charge is 0.258 e. The zero-order valence-electron chi connectivity index (χ0n) is 10.6. The van der Waals surface area contributed by atoms with Gasteiger partial charge >= 0.3 is 0 Å². The Bertz CT molecular complexity index is 715. The molecule has 0 aliphatic carbocycles. The van der Waals surface area contributed by atoms with Gasteiger partial charge in [-0.3, -0.25) is 10.1 Å². The van der Waals surface area contributed by atoms with Crippen molar-refractivity contribution in [3.05, 3.63) is 73.2 Å². The molecule has 5 nitrogen and oxygen atoms in total. The molecule has 0 heterocycles. The van der Waals surface area contributed by atoms with Gasteiger partial charge in [-0.15, -0.1) is 0 Å². The molecular formula is C14H9BrClN3O2. The fraction of sp³-hybridized carbons (Fsp3) is 0. The number of halogens is 2. The lowest BCUT2D eigenvalue weighted by atomic mass is 10.2. The van der Waals surface area contributed by atoms with Crippen molar-refractivity contribution in [1.29, 1.82) is 0 Å². The van der Waals surface area contributed by atoms with Crippen LogP contribution in [0.4, 0.5) is 5.69 Å². The van der Waals surface area contributed by atoms with Crippen LogP contribution in [0.25, 0.3) is 0 Å². The Kier molecular flexibility index (Phi) is 5.19. The van der Waals surface area contributed by atoms with Gasteiger partial charge in [0.15, 0.2) is 0 Å². The zero-order chi connectivity index (χ0) is 15.2. The maximum atomic E-state index is 10.8. The molecular weight excluding hydrogens is 358 g/mol. The lowest BCUT2D eigenvalue weighted by Crippen LogP contribution is -1.91. The second-order valence-corrected chi connectivity index (χ2v) is 5.33. The Morgan fingerprint density at radius 3 is 2.24 bits per heavy atom. The Labute approximate surface area is 134 Å². The van der Waals surface area contributed by atoms with E-state index in [1.807, 2.05) is 24.3 Å². The number of hydrogen-bond donors (Lipinski definition) is 0. The third-order valence-electron chi connectivity index (χ3n) is 2.52. The van der Waals surface area contributed by atoms with E-state index in [2.05, 4.69) is 26.1 Å². The van der Waals surface area contributed by atoms with Crippen molar-refractivity contribution in [2.24, 2.45) is 10.2 Å². The van der Waals surface area contributed by atoms with E-state index in [-0.39, 0.29) is 10.7 Å². The Balaban J connectivity index is 2.09. The molecule has 0 amide bonds. The molecule has 2 aromatic rings. The summed E-state index contributed by atoms with van der Waals surface area (Å²) >= 11 is 9.07. The minimum atomic E-state index is -0.537. The van der Waals surface area contributed by atoms with Crippen molar-refractivity contribution in [1.82, 2.24) is 0 Å². The minimum absolute atomic E-state index is 0.0931. The summed E-state index contributed by atoms with van der Waals surface area (Å²) in [6.07, 6.45) is 3.02. The molecule has 2 aromatic carbocycles. The molecule has 0 saturated carbocycles. The fourth-order valence-corrected chi connectivity index (χ4v) is 1.95. The maximum absolute atomic E-state index is 10.8. The van der Waals surface area contributed by atoms with Crippen LogP contribution in [0.3, 0.4) is 0 Å². The predicted molar refractivity (Wildman–Crippen MR) is 87.4 cm³/mol. The molecule has 0 aliphatic rings. The first kappa shape index (κ1) is 15.3. The third-order valence-corrected chi connectivity index (χ3v) is 3.37. The van der Waals surface area contributed by atoms with Gasteiger partial charge in [0.05, 0.1) is 17.4 Å². The molecule has 0 aliphatic heterocycles. The largest absolute Gasteiger partial charge is 0.288 e. The van der Waals surface area contributed by atoms with Crippen molar-refractivity contribution in [2.75, 3.05) is 0 Å². The number of rotatable bonds is 4. The molecule has 0 aromatic heterocycles. The standard InChI is InChI=1S/C14H9BrClN3O2/c15-12-4-1-10(2-5-12)8-17-18-9-11-3-6-13(16)14(7-11)19(20)21/h1-9H/b17-8+,18-9+. The van der Waals surface area contributed by atoms with Crippen LogP contribution in [0.1, 0.15) is 11.1 Å². The highest BCUT2D eigenvalue weighted by atomic mass is 79.9. The second kappa shape index (κ2) is 7.10. The Morgan fingerprint density at radius 1 is 1.05 bits per heavy atom. The van der Waals surface area contributed by atoms with E-state index in [4.69, 9.17) is 11.6 Å². The van der Waals surface area contributed by atoms with Crippen LogP contribution in [-0.2, 0) is 0 Å². The lowest BCUT2D eigenvalue weighted by Gasteiger charge is -1.96. The van der Waals surface area contributed by atoms with E-state index in [1.165, 1.54) is 18.3 Å².